The zero-order chi connectivity index (χ0) is 18.4. The largest absolute Gasteiger partial charge is 1.00 e. The molecule has 4 rings (SSSR count). The fraction of sp³-hybridized carbons (Fsp3) is 0.444. The van der Waals surface area contributed by atoms with Crippen LogP contribution >= 0.6 is 0 Å². The topological polar surface area (TPSA) is 121 Å². The molecule has 3 atom stereocenters. The summed E-state index contributed by atoms with van der Waals surface area (Å²) in [5, 5.41) is 22.3. The number of fused-ring (bicyclic) bond motifs is 5. The molecule has 1 fully saturated rings. The Hall–Kier alpha value is 0.330. The first-order valence-corrected chi connectivity index (χ1v) is 9.52. The Balaban J connectivity index is 0.000000468. The summed E-state index contributed by atoms with van der Waals surface area (Å²) in [6.07, 6.45) is 3.95. The second kappa shape index (κ2) is 9.43. The maximum atomic E-state index is 10.3. The van der Waals surface area contributed by atoms with Crippen LogP contribution in [0, 0.1) is 5.41 Å². The molecule has 27 heavy (non-hydrogen) atoms. The van der Waals surface area contributed by atoms with Crippen molar-refractivity contribution in [1.29, 1.82) is 0 Å². The van der Waals surface area contributed by atoms with E-state index in [0.29, 0.717) is 11.7 Å². The molecule has 2 aliphatic carbocycles. The van der Waals surface area contributed by atoms with Crippen LogP contribution in [0.4, 0.5) is 0 Å². The smallest absolute Gasteiger partial charge is 0.759 e. The molecule has 2 N–H and O–H groups in total. The quantitative estimate of drug-likeness (QED) is 0.263. The van der Waals surface area contributed by atoms with Crippen LogP contribution in [0.1, 0.15) is 43.2 Å². The molecule has 0 bridgehead atoms. The van der Waals surface area contributed by atoms with Crippen molar-refractivity contribution in [3.8, 4) is 5.75 Å². The van der Waals surface area contributed by atoms with Gasteiger partial charge in [0.25, 0.3) is 0 Å². The molecule has 0 radical (unpaired) electrons. The predicted octanol–water partition coefficient (Wildman–Crippen LogP) is -3.59. The summed E-state index contributed by atoms with van der Waals surface area (Å²) in [6.45, 7) is 2.25. The van der Waals surface area contributed by atoms with Gasteiger partial charge in [0.2, 0.25) is 0 Å². The van der Waals surface area contributed by atoms with E-state index in [1.54, 1.807) is 6.07 Å². The van der Waals surface area contributed by atoms with Gasteiger partial charge in [0, 0.05) is 15.8 Å². The van der Waals surface area contributed by atoms with Gasteiger partial charge in [-0.2, -0.15) is 0 Å². The summed E-state index contributed by atoms with van der Waals surface area (Å²) in [4.78, 5) is 0. The fourth-order valence-corrected chi connectivity index (χ4v) is 4.47. The molecule has 0 saturated heterocycles. The molecule has 0 aliphatic heterocycles. The standard InChI is InChI=1S/C18H20O2.2Na.H2O4S/c1-18-9-8-14-13-5-3-12(19)10-11(13)2-4-15(14)16(18)6-7-17(18)20;;;1-5(2,3)4/h2-5,10,16-17,19-20H,6-9H2,1H3;;;(H2,1,2,3,4)/q;2*+1;/p-2/t16?,17-,18-;;;/m0.../s1. The second-order valence-corrected chi connectivity index (χ2v) is 7.92. The van der Waals surface area contributed by atoms with Gasteiger partial charge in [-0.1, -0.05) is 25.1 Å². The van der Waals surface area contributed by atoms with Crippen LogP contribution in [-0.4, -0.2) is 33.8 Å². The van der Waals surface area contributed by atoms with E-state index in [1.807, 2.05) is 12.1 Å². The molecule has 2 aromatic rings. The van der Waals surface area contributed by atoms with Crippen molar-refractivity contribution >= 4 is 21.2 Å². The molecule has 0 aromatic heterocycles. The van der Waals surface area contributed by atoms with E-state index in [2.05, 4.69) is 19.1 Å². The van der Waals surface area contributed by atoms with Crippen molar-refractivity contribution in [2.24, 2.45) is 5.41 Å². The van der Waals surface area contributed by atoms with E-state index in [4.69, 9.17) is 17.5 Å². The van der Waals surface area contributed by atoms with Crippen molar-refractivity contribution in [2.45, 2.75) is 44.6 Å². The summed E-state index contributed by atoms with van der Waals surface area (Å²) < 4.78 is 34.1. The monoisotopic (exact) mass is 410 g/mol. The molecule has 1 saturated carbocycles. The number of hydrogen-bond acceptors (Lipinski definition) is 6. The second-order valence-electron chi connectivity index (χ2n) is 7.10. The fourth-order valence-electron chi connectivity index (χ4n) is 4.47. The summed E-state index contributed by atoms with van der Waals surface area (Å²) in [6, 6.07) is 9.99. The number of phenols is 1. The number of benzene rings is 2. The molecule has 9 heteroatoms. The van der Waals surface area contributed by atoms with Gasteiger partial charge in [0.1, 0.15) is 5.75 Å². The molecule has 0 heterocycles. The summed E-state index contributed by atoms with van der Waals surface area (Å²) in [5.41, 5.74) is 2.91. The molecule has 2 aliphatic rings. The van der Waals surface area contributed by atoms with Gasteiger partial charge in [0.05, 0.1) is 6.10 Å². The predicted molar refractivity (Wildman–Crippen MR) is 90.5 cm³/mol. The van der Waals surface area contributed by atoms with E-state index < -0.39 is 10.4 Å². The Bertz CT molecular complexity index is 909. The number of aromatic hydroxyl groups is 1. The Kier molecular flexibility index (Phi) is 8.86. The number of aliphatic hydroxyl groups is 1. The van der Waals surface area contributed by atoms with Crippen LogP contribution in [0.25, 0.3) is 10.8 Å². The molecular formula is C18H20Na2O6S. The van der Waals surface area contributed by atoms with Gasteiger partial charge in [-0.15, -0.1) is 0 Å². The number of aliphatic hydroxyl groups excluding tert-OH is 1. The Labute approximate surface area is 203 Å². The zero-order valence-electron chi connectivity index (χ0n) is 15.8. The Morgan fingerprint density at radius 1 is 1.11 bits per heavy atom. The van der Waals surface area contributed by atoms with Crippen LogP contribution in [0.5, 0.6) is 5.75 Å². The molecule has 1 unspecified atom stereocenters. The van der Waals surface area contributed by atoms with E-state index >= 15 is 0 Å². The summed E-state index contributed by atoms with van der Waals surface area (Å²) in [5.74, 6) is 0.814. The van der Waals surface area contributed by atoms with Crippen molar-refractivity contribution < 1.29 is 86.9 Å². The Morgan fingerprint density at radius 3 is 2.37 bits per heavy atom. The van der Waals surface area contributed by atoms with E-state index in [1.165, 1.54) is 16.5 Å². The van der Waals surface area contributed by atoms with Crippen LogP contribution in [-0.2, 0) is 16.8 Å². The number of aryl methyl sites for hydroxylation is 1. The molecule has 136 valence electrons. The average Bonchev–Trinajstić information content (AvgIpc) is 2.81. The van der Waals surface area contributed by atoms with Crippen LogP contribution in [0.15, 0.2) is 30.3 Å². The minimum atomic E-state index is -5.17. The summed E-state index contributed by atoms with van der Waals surface area (Å²) in [7, 11) is -5.17. The van der Waals surface area contributed by atoms with Crippen molar-refractivity contribution in [3.63, 3.8) is 0 Å². The van der Waals surface area contributed by atoms with Gasteiger partial charge in [-0.25, -0.2) is 0 Å². The van der Waals surface area contributed by atoms with E-state index in [-0.39, 0.29) is 70.6 Å². The van der Waals surface area contributed by atoms with Crippen LogP contribution in [0.3, 0.4) is 0 Å². The third kappa shape index (κ3) is 5.48. The number of phenolic OH excluding ortho intramolecular Hbond substituents is 1. The average molecular weight is 410 g/mol. The molecule has 6 nitrogen and oxygen atoms in total. The van der Waals surface area contributed by atoms with Crippen LogP contribution in [0.2, 0.25) is 0 Å². The first-order valence-electron chi connectivity index (χ1n) is 8.19. The first-order chi connectivity index (χ1) is 11.6. The summed E-state index contributed by atoms with van der Waals surface area (Å²) >= 11 is 0. The van der Waals surface area contributed by atoms with E-state index in [0.717, 1.165) is 31.1 Å². The molecule has 0 spiro atoms. The van der Waals surface area contributed by atoms with Gasteiger partial charge < -0.3 is 19.3 Å². The molecule has 2 aromatic carbocycles. The minimum absolute atomic E-state index is 0. The van der Waals surface area contributed by atoms with Crippen molar-refractivity contribution in [2.75, 3.05) is 0 Å². The third-order valence-corrected chi connectivity index (χ3v) is 5.73. The SMILES string of the molecule is C[C@]12CCc3c(ccc4cc(O)ccc34)C1CC[C@@H]2O.O=S(=O)([O-])[O-].[Na+].[Na+]. The maximum absolute atomic E-state index is 10.3. The van der Waals surface area contributed by atoms with Gasteiger partial charge >= 0.3 is 59.1 Å². The van der Waals surface area contributed by atoms with Gasteiger partial charge in [-0.3, -0.25) is 8.42 Å². The minimum Gasteiger partial charge on any atom is -0.759 e. The Morgan fingerprint density at radius 2 is 1.74 bits per heavy atom. The molecular weight excluding hydrogens is 390 g/mol. The van der Waals surface area contributed by atoms with E-state index in [9.17, 15) is 10.2 Å². The van der Waals surface area contributed by atoms with Crippen molar-refractivity contribution in [1.82, 2.24) is 0 Å². The number of hydrogen-bond donors (Lipinski definition) is 2. The van der Waals surface area contributed by atoms with Crippen LogP contribution < -0.4 is 59.1 Å². The van der Waals surface area contributed by atoms with Crippen molar-refractivity contribution in [3.05, 3.63) is 41.5 Å². The van der Waals surface area contributed by atoms with Gasteiger partial charge in [0.15, 0.2) is 0 Å². The maximum Gasteiger partial charge on any atom is 1.00 e. The normalized spacial score (nSPS) is 25.9. The molecule has 0 amide bonds. The zero-order valence-corrected chi connectivity index (χ0v) is 20.6. The number of rotatable bonds is 0. The first kappa shape index (κ1) is 25.4. The van der Waals surface area contributed by atoms with Gasteiger partial charge in [-0.05, 0) is 65.6 Å². The third-order valence-electron chi connectivity index (χ3n) is 5.73.